The van der Waals surface area contributed by atoms with Crippen LogP contribution in [0.5, 0.6) is 5.75 Å². The predicted octanol–water partition coefficient (Wildman–Crippen LogP) is 3.91. The molecular formula is C25H19I2N3O4S. The number of fused-ring (bicyclic) bond motifs is 1. The van der Waals surface area contributed by atoms with Gasteiger partial charge in [-0.05, 0) is 75.4 Å². The molecule has 178 valence electrons. The van der Waals surface area contributed by atoms with Gasteiger partial charge in [0.25, 0.3) is 5.56 Å². The predicted molar refractivity (Wildman–Crippen MR) is 150 cm³/mol. The molecule has 0 amide bonds. The van der Waals surface area contributed by atoms with Gasteiger partial charge in [-0.15, -0.1) is 0 Å². The van der Waals surface area contributed by atoms with Crippen LogP contribution in [0.25, 0.3) is 6.08 Å². The van der Waals surface area contributed by atoms with Crippen LogP contribution in [-0.2, 0) is 9.53 Å². The van der Waals surface area contributed by atoms with Crippen molar-refractivity contribution in [1.29, 1.82) is 5.26 Å². The molecule has 0 N–H and O–H groups in total. The van der Waals surface area contributed by atoms with Crippen LogP contribution < -0.4 is 19.6 Å². The molecule has 0 spiro atoms. The number of halogens is 2. The maximum Gasteiger partial charge on any atom is 0.338 e. The van der Waals surface area contributed by atoms with Gasteiger partial charge in [-0.1, -0.05) is 48.6 Å². The fraction of sp³-hybridized carbons (Fsp3) is 0.200. The average Bonchev–Trinajstić information content (AvgIpc) is 3.16. The van der Waals surface area contributed by atoms with E-state index >= 15 is 0 Å². The first-order chi connectivity index (χ1) is 16.9. The van der Waals surface area contributed by atoms with Gasteiger partial charge in [-0.3, -0.25) is 9.36 Å². The number of carbonyl (C=O) groups is 1. The average molecular weight is 711 g/mol. The molecule has 2 aromatic carbocycles. The number of ether oxygens (including phenoxy) is 2. The molecule has 0 saturated heterocycles. The van der Waals surface area contributed by atoms with E-state index in [-0.39, 0.29) is 12.2 Å². The molecule has 1 aliphatic heterocycles. The van der Waals surface area contributed by atoms with Crippen molar-refractivity contribution in [2.24, 2.45) is 4.99 Å². The molecule has 7 nitrogen and oxygen atoms in total. The van der Waals surface area contributed by atoms with E-state index < -0.39 is 12.0 Å². The molecule has 35 heavy (non-hydrogen) atoms. The number of thiazole rings is 1. The zero-order valence-corrected chi connectivity index (χ0v) is 23.9. The highest BCUT2D eigenvalue weighted by atomic mass is 127. The number of nitriles is 1. The van der Waals surface area contributed by atoms with Crippen molar-refractivity contribution in [2.45, 2.75) is 19.4 Å². The fourth-order valence-electron chi connectivity index (χ4n) is 3.90. The SMILES string of the molecule is CCC1=C(C(=O)OC)[C@H](c2ccccc2)n2c(s/c(=C/c3cc(I)cc(I)c3OCC#N)c2=O)=N1. The lowest BCUT2D eigenvalue weighted by Gasteiger charge is -2.25. The summed E-state index contributed by atoms with van der Waals surface area (Å²) in [4.78, 5) is 31.8. The van der Waals surface area contributed by atoms with Crippen LogP contribution in [0.2, 0.25) is 0 Å². The Morgan fingerprint density at radius 1 is 1.29 bits per heavy atom. The van der Waals surface area contributed by atoms with Crippen LogP contribution in [0.1, 0.15) is 30.5 Å². The van der Waals surface area contributed by atoms with Gasteiger partial charge >= 0.3 is 5.97 Å². The maximum absolute atomic E-state index is 13.8. The van der Waals surface area contributed by atoms with Gasteiger partial charge in [0.1, 0.15) is 11.8 Å². The van der Waals surface area contributed by atoms with Crippen LogP contribution in [0.4, 0.5) is 0 Å². The lowest BCUT2D eigenvalue weighted by molar-refractivity contribution is -0.136. The van der Waals surface area contributed by atoms with Crippen molar-refractivity contribution in [3.05, 3.63) is 91.7 Å². The molecule has 0 radical (unpaired) electrons. The Hall–Kier alpha value is -2.50. The molecule has 10 heteroatoms. The van der Waals surface area contributed by atoms with Crippen LogP contribution in [0.15, 0.2) is 63.5 Å². The van der Waals surface area contributed by atoms with Gasteiger partial charge in [0.2, 0.25) is 0 Å². The number of nitrogens with zero attached hydrogens (tertiary/aromatic N) is 3. The maximum atomic E-state index is 13.8. The number of hydrogen-bond donors (Lipinski definition) is 0. The molecule has 3 aromatic rings. The number of hydrogen-bond acceptors (Lipinski definition) is 7. The summed E-state index contributed by atoms with van der Waals surface area (Å²) in [5, 5.41) is 8.99. The second kappa shape index (κ2) is 11.0. The monoisotopic (exact) mass is 711 g/mol. The zero-order chi connectivity index (χ0) is 25.1. The number of esters is 1. The number of benzene rings is 2. The summed E-state index contributed by atoms with van der Waals surface area (Å²) >= 11 is 5.62. The number of allylic oxidation sites excluding steroid dienone is 1. The van der Waals surface area contributed by atoms with Crippen LogP contribution >= 0.6 is 56.5 Å². The van der Waals surface area contributed by atoms with Crippen LogP contribution in [0.3, 0.4) is 0 Å². The molecular weight excluding hydrogens is 692 g/mol. The van der Waals surface area contributed by atoms with Gasteiger partial charge in [-0.2, -0.15) is 5.26 Å². The minimum atomic E-state index is -0.651. The van der Waals surface area contributed by atoms with Crippen molar-refractivity contribution in [1.82, 2.24) is 4.57 Å². The summed E-state index contributed by atoms with van der Waals surface area (Å²) in [5.41, 5.74) is 2.19. The molecule has 0 saturated carbocycles. The number of aromatic nitrogens is 1. The first kappa shape index (κ1) is 25.6. The molecule has 0 bridgehead atoms. The van der Waals surface area contributed by atoms with Crippen LogP contribution in [-0.4, -0.2) is 24.3 Å². The second-order valence-electron chi connectivity index (χ2n) is 7.45. The van der Waals surface area contributed by atoms with Crippen molar-refractivity contribution in [2.75, 3.05) is 13.7 Å². The van der Waals surface area contributed by atoms with Crippen molar-refractivity contribution < 1.29 is 14.3 Å². The Kier molecular flexibility index (Phi) is 8.08. The third-order valence-corrected chi connectivity index (χ3v) is 7.78. The summed E-state index contributed by atoms with van der Waals surface area (Å²) < 4.78 is 14.6. The molecule has 1 aliphatic rings. The second-order valence-corrected chi connectivity index (χ2v) is 10.9. The Labute approximate surface area is 232 Å². The molecule has 2 heterocycles. The van der Waals surface area contributed by atoms with Crippen molar-refractivity contribution >= 4 is 68.6 Å². The summed E-state index contributed by atoms with van der Waals surface area (Å²) in [7, 11) is 1.33. The highest BCUT2D eigenvalue weighted by Gasteiger charge is 2.33. The minimum absolute atomic E-state index is 0.102. The first-order valence-electron chi connectivity index (χ1n) is 10.6. The number of methoxy groups -OCH3 is 1. The molecule has 1 atom stereocenters. The van der Waals surface area contributed by atoms with Gasteiger partial charge < -0.3 is 9.47 Å². The molecule has 0 fully saturated rings. The first-order valence-corrected chi connectivity index (χ1v) is 13.5. The van der Waals surface area contributed by atoms with E-state index in [2.05, 4.69) is 50.2 Å². The smallest absolute Gasteiger partial charge is 0.338 e. The lowest BCUT2D eigenvalue weighted by atomic mass is 9.95. The Morgan fingerprint density at radius 3 is 2.69 bits per heavy atom. The van der Waals surface area contributed by atoms with Gasteiger partial charge in [0, 0.05) is 9.13 Å². The third kappa shape index (κ3) is 5.07. The van der Waals surface area contributed by atoms with E-state index in [4.69, 9.17) is 14.7 Å². The largest absolute Gasteiger partial charge is 0.477 e. The van der Waals surface area contributed by atoms with E-state index in [9.17, 15) is 9.59 Å². The summed E-state index contributed by atoms with van der Waals surface area (Å²) in [5.74, 6) is 0.0376. The Bertz CT molecular complexity index is 1550. The molecule has 4 rings (SSSR count). The van der Waals surface area contributed by atoms with E-state index in [1.54, 1.807) is 10.6 Å². The van der Waals surface area contributed by atoms with E-state index in [1.807, 2.05) is 55.5 Å². The van der Waals surface area contributed by atoms with Crippen molar-refractivity contribution in [3.63, 3.8) is 0 Å². The van der Waals surface area contributed by atoms with Gasteiger partial charge in [0.05, 0.1) is 32.5 Å². The van der Waals surface area contributed by atoms with E-state index in [1.165, 1.54) is 18.4 Å². The minimum Gasteiger partial charge on any atom is -0.477 e. The fourth-order valence-corrected chi connectivity index (χ4v) is 6.96. The van der Waals surface area contributed by atoms with E-state index in [0.717, 1.165) is 12.7 Å². The lowest BCUT2D eigenvalue weighted by Crippen LogP contribution is -2.40. The summed E-state index contributed by atoms with van der Waals surface area (Å²) in [6.45, 7) is 1.82. The highest BCUT2D eigenvalue weighted by molar-refractivity contribution is 14.1. The van der Waals surface area contributed by atoms with Gasteiger partial charge in [0.15, 0.2) is 11.4 Å². The van der Waals surface area contributed by atoms with E-state index in [0.29, 0.717) is 38.3 Å². The Morgan fingerprint density at radius 2 is 2.03 bits per heavy atom. The molecule has 0 unspecified atom stereocenters. The molecule has 1 aromatic heterocycles. The van der Waals surface area contributed by atoms with Crippen LogP contribution in [0, 0.1) is 18.5 Å². The number of rotatable bonds is 6. The summed E-state index contributed by atoms with van der Waals surface area (Å²) in [6.07, 6.45) is 2.27. The zero-order valence-electron chi connectivity index (χ0n) is 18.7. The molecule has 0 aliphatic carbocycles. The topological polar surface area (TPSA) is 93.7 Å². The standard InChI is InChI=1S/C25H19I2N3O4S/c1-3-18-20(24(32)33-2)21(14-7-5-4-6-8-14)30-23(31)19(35-25(30)29-18)12-15-11-16(26)13-17(27)22(15)34-10-9-28/h4-8,11-13,21H,3,10H2,1-2H3/b19-12+/t21-/m0/s1. The Balaban J connectivity index is 2.00. The number of carbonyl (C=O) groups excluding carboxylic acids is 1. The normalized spacial score (nSPS) is 15.3. The summed E-state index contributed by atoms with van der Waals surface area (Å²) in [6, 6.07) is 14.6. The van der Waals surface area contributed by atoms with Crippen molar-refractivity contribution in [3.8, 4) is 11.8 Å². The third-order valence-electron chi connectivity index (χ3n) is 5.37. The highest BCUT2D eigenvalue weighted by Crippen LogP contribution is 2.32. The quantitative estimate of drug-likeness (QED) is 0.286. The van der Waals surface area contributed by atoms with Gasteiger partial charge in [-0.25, -0.2) is 9.79 Å².